The lowest BCUT2D eigenvalue weighted by atomic mass is 9.75. The van der Waals surface area contributed by atoms with Crippen LogP contribution >= 0.6 is 50.7 Å². The van der Waals surface area contributed by atoms with Crippen LogP contribution in [0.3, 0.4) is 0 Å². The van der Waals surface area contributed by atoms with Gasteiger partial charge in [-0.05, 0) is 50.6 Å². The fourth-order valence-corrected chi connectivity index (χ4v) is 5.54. The summed E-state index contributed by atoms with van der Waals surface area (Å²) in [6, 6.07) is 9.11. The fourth-order valence-electron chi connectivity index (χ4n) is 4.19. The van der Waals surface area contributed by atoms with Crippen LogP contribution in [0.1, 0.15) is 37.5 Å². The number of nitriles is 1. The average Bonchev–Trinajstić information content (AvgIpc) is 3.23. The van der Waals surface area contributed by atoms with E-state index < -0.39 is 28.9 Å². The van der Waals surface area contributed by atoms with Gasteiger partial charge in [0, 0.05) is 28.7 Å². The van der Waals surface area contributed by atoms with E-state index in [1.807, 2.05) is 0 Å². The third-order valence-electron chi connectivity index (χ3n) is 6.09. The molecule has 2 aliphatic rings. The van der Waals surface area contributed by atoms with Crippen molar-refractivity contribution in [2.24, 2.45) is 0 Å². The van der Waals surface area contributed by atoms with E-state index in [4.69, 9.17) is 44.4 Å². The molecule has 2 aromatic rings. The van der Waals surface area contributed by atoms with E-state index in [1.165, 1.54) is 4.90 Å². The number of ether oxygens (including phenoxy) is 1. The quantitative estimate of drug-likeness (QED) is 0.343. The van der Waals surface area contributed by atoms with Crippen molar-refractivity contribution in [3.63, 3.8) is 0 Å². The number of rotatable bonds is 3. The van der Waals surface area contributed by atoms with Crippen molar-refractivity contribution in [2.45, 2.75) is 43.6 Å². The molecular formula is C25H20BrCl3F3N3O3. The van der Waals surface area contributed by atoms with Crippen LogP contribution in [0.25, 0.3) is 5.70 Å². The lowest BCUT2D eigenvalue weighted by molar-refractivity contribution is -0.269. The van der Waals surface area contributed by atoms with E-state index in [2.05, 4.69) is 27.5 Å². The van der Waals surface area contributed by atoms with Gasteiger partial charge >= 0.3 is 12.3 Å². The van der Waals surface area contributed by atoms with Gasteiger partial charge in [-0.25, -0.2) is 4.79 Å². The third kappa shape index (κ3) is 5.07. The summed E-state index contributed by atoms with van der Waals surface area (Å²) < 4.78 is 48.9. The minimum absolute atomic E-state index is 0.0340. The van der Waals surface area contributed by atoms with Crippen LogP contribution in [0.2, 0.25) is 15.1 Å². The molecule has 2 aliphatic heterocycles. The first-order valence-electron chi connectivity index (χ1n) is 11.1. The Morgan fingerprint density at radius 3 is 2.26 bits per heavy atom. The first-order chi connectivity index (χ1) is 17.5. The Labute approximate surface area is 240 Å². The molecule has 13 heteroatoms. The van der Waals surface area contributed by atoms with Crippen LogP contribution in [0.4, 0.5) is 18.0 Å². The Hall–Kier alpha value is -2.16. The molecule has 38 heavy (non-hydrogen) atoms. The van der Waals surface area contributed by atoms with Crippen molar-refractivity contribution in [1.29, 1.82) is 5.26 Å². The summed E-state index contributed by atoms with van der Waals surface area (Å²) in [5.74, 6) is 0. The molecule has 1 N–H and O–H groups in total. The SMILES string of the molecule is CC(C)(C)OC(=O)N1CC(C#N)(c2ccc(C3=CC(c4cc(Cl)c(Cl)c(Cl)c4)(C(F)(F)F)ON3)cc2Br)C1. The Balaban J connectivity index is 1.65. The average molecular weight is 654 g/mol. The zero-order valence-corrected chi connectivity index (χ0v) is 24.0. The number of alkyl halides is 3. The first kappa shape index (κ1) is 28.8. The number of benzene rings is 2. The number of carbonyl (C=O) groups is 1. The van der Waals surface area contributed by atoms with Gasteiger partial charge in [-0.3, -0.25) is 10.3 Å². The zero-order chi connectivity index (χ0) is 28.3. The molecule has 0 aromatic heterocycles. The Morgan fingerprint density at radius 1 is 1.16 bits per heavy atom. The molecule has 1 saturated heterocycles. The van der Waals surface area contributed by atoms with E-state index >= 15 is 0 Å². The molecule has 2 heterocycles. The van der Waals surface area contributed by atoms with Crippen molar-refractivity contribution in [3.05, 3.63) is 72.6 Å². The topological polar surface area (TPSA) is 74.6 Å². The fraction of sp³-hybridized carbons (Fsp3) is 0.360. The van der Waals surface area contributed by atoms with Crippen LogP contribution in [0.15, 0.2) is 40.9 Å². The largest absolute Gasteiger partial charge is 0.444 e. The molecule has 6 nitrogen and oxygen atoms in total. The molecule has 0 radical (unpaired) electrons. The lowest BCUT2D eigenvalue weighted by Crippen LogP contribution is -2.61. The van der Waals surface area contributed by atoms with Crippen LogP contribution in [0.5, 0.6) is 0 Å². The summed E-state index contributed by atoms with van der Waals surface area (Å²) in [6.45, 7) is 5.45. The smallest absolute Gasteiger partial charge is 0.428 e. The van der Waals surface area contributed by atoms with Crippen LogP contribution in [-0.4, -0.2) is 35.9 Å². The van der Waals surface area contributed by atoms with Crippen molar-refractivity contribution in [2.75, 3.05) is 13.1 Å². The molecule has 4 rings (SSSR count). The minimum Gasteiger partial charge on any atom is -0.444 e. The first-order valence-corrected chi connectivity index (χ1v) is 13.0. The normalized spacial score (nSPS) is 20.8. The Morgan fingerprint density at radius 2 is 1.76 bits per heavy atom. The van der Waals surface area contributed by atoms with Gasteiger partial charge in [-0.1, -0.05) is 62.9 Å². The Bertz CT molecular complexity index is 1360. The molecule has 1 atom stereocenters. The van der Waals surface area contributed by atoms with Crippen LogP contribution in [-0.2, 0) is 20.6 Å². The molecule has 0 aliphatic carbocycles. The monoisotopic (exact) mass is 651 g/mol. The highest BCUT2D eigenvalue weighted by molar-refractivity contribution is 9.10. The van der Waals surface area contributed by atoms with Crippen molar-refractivity contribution >= 4 is 62.5 Å². The highest BCUT2D eigenvalue weighted by atomic mass is 79.9. The van der Waals surface area contributed by atoms with Gasteiger partial charge in [0.25, 0.3) is 0 Å². The minimum atomic E-state index is -4.89. The number of hydrogen-bond acceptors (Lipinski definition) is 5. The van der Waals surface area contributed by atoms with Gasteiger partial charge in [-0.15, -0.1) is 0 Å². The molecule has 0 saturated carbocycles. The summed E-state index contributed by atoms with van der Waals surface area (Å²) in [6.07, 6.45) is -4.53. The summed E-state index contributed by atoms with van der Waals surface area (Å²) in [7, 11) is 0. The van der Waals surface area contributed by atoms with Gasteiger partial charge < -0.3 is 9.64 Å². The molecule has 1 unspecified atom stereocenters. The maximum absolute atomic E-state index is 14.3. The maximum Gasteiger partial charge on any atom is 0.428 e. The Kier molecular flexibility index (Phi) is 7.43. The molecule has 202 valence electrons. The molecule has 1 amide bonds. The second kappa shape index (κ2) is 9.79. The predicted molar refractivity (Wildman–Crippen MR) is 141 cm³/mol. The van der Waals surface area contributed by atoms with Crippen molar-refractivity contribution in [3.8, 4) is 6.07 Å². The number of nitrogens with one attached hydrogen (secondary N) is 1. The van der Waals surface area contributed by atoms with Crippen molar-refractivity contribution in [1.82, 2.24) is 10.4 Å². The highest BCUT2D eigenvalue weighted by Crippen LogP contribution is 2.49. The number of likely N-dealkylation sites (tertiary alicyclic amines) is 1. The van der Waals surface area contributed by atoms with E-state index in [9.17, 15) is 23.2 Å². The lowest BCUT2D eigenvalue weighted by Gasteiger charge is -2.46. The third-order valence-corrected chi connectivity index (χ3v) is 7.94. The standard InChI is InChI=1S/C25H20BrCl3F3N3O3/c1-22(2,3)37-21(36)35-11-23(10-33,12-35)15-5-4-13(6-16(15)26)19-9-24(38-34-19,25(30,31)32)14-7-17(27)20(29)18(28)8-14/h4-9,34H,11-12H2,1-3H3. The summed E-state index contributed by atoms with van der Waals surface area (Å²) >= 11 is 21.3. The van der Waals surface area contributed by atoms with Crippen molar-refractivity contribution < 1.29 is 27.5 Å². The number of amides is 1. The number of hydroxylamine groups is 1. The van der Waals surface area contributed by atoms with Crippen LogP contribution in [0, 0.1) is 11.3 Å². The molecule has 2 aromatic carbocycles. The molecular weight excluding hydrogens is 634 g/mol. The predicted octanol–water partition coefficient (Wildman–Crippen LogP) is 7.75. The van der Waals surface area contributed by atoms with E-state index in [1.54, 1.807) is 39.0 Å². The van der Waals surface area contributed by atoms with E-state index in [0.29, 0.717) is 15.6 Å². The second-order valence-electron chi connectivity index (χ2n) is 9.97. The zero-order valence-electron chi connectivity index (χ0n) is 20.1. The van der Waals surface area contributed by atoms with E-state index in [0.717, 1.165) is 18.2 Å². The van der Waals surface area contributed by atoms with Crippen LogP contribution < -0.4 is 5.48 Å². The maximum atomic E-state index is 14.3. The summed E-state index contributed by atoms with van der Waals surface area (Å²) in [5.41, 5.74) is -1.59. The number of nitrogens with zero attached hydrogens (tertiary/aromatic N) is 2. The molecule has 0 spiro atoms. The second-order valence-corrected chi connectivity index (χ2v) is 12.0. The molecule has 0 bridgehead atoms. The van der Waals surface area contributed by atoms with Gasteiger partial charge in [-0.2, -0.15) is 18.4 Å². The highest BCUT2D eigenvalue weighted by Gasteiger charge is 2.60. The number of halogens is 7. The van der Waals surface area contributed by atoms with Gasteiger partial charge in [0.2, 0.25) is 5.60 Å². The number of carbonyl (C=O) groups excluding carboxylic acids is 1. The summed E-state index contributed by atoms with van der Waals surface area (Å²) in [5, 5.41) is 9.54. The van der Waals surface area contributed by atoms with E-state index in [-0.39, 0.29) is 39.4 Å². The van der Waals surface area contributed by atoms with Gasteiger partial charge in [0.1, 0.15) is 11.0 Å². The van der Waals surface area contributed by atoms with Gasteiger partial charge in [0.05, 0.1) is 26.8 Å². The molecule has 1 fully saturated rings. The van der Waals surface area contributed by atoms with Gasteiger partial charge in [0.15, 0.2) is 0 Å². The summed E-state index contributed by atoms with van der Waals surface area (Å²) in [4.78, 5) is 18.9. The number of hydrogen-bond donors (Lipinski definition) is 1.